The number of phenolic OH excluding ortho intramolecular Hbond substituents is 1. The van der Waals surface area contributed by atoms with Crippen LogP contribution >= 0.6 is 45.3 Å². The molecular weight excluding hydrogens is 468 g/mol. The summed E-state index contributed by atoms with van der Waals surface area (Å²) in [4.78, 5) is 9.22. The fraction of sp³-hybridized carbons (Fsp3) is 0.0588. The third-order valence-corrected chi connectivity index (χ3v) is 4.31. The van der Waals surface area contributed by atoms with E-state index in [9.17, 15) is 5.11 Å². The molecule has 5 nitrogen and oxygen atoms in total. The molecule has 0 aliphatic rings. The summed E-state index contributed by atoms with van der Waals surface area (Å²) in [6, 6.07) is 12.9. The highest BCUT2D eigenvalue weighted by Crippen LogP contribution is 2.30. The molecule has 2 N–H and O–H groups in total. The van der Waals surface area contributed by atoms with Gasteiger partial charge in [0.25, 0.3) is 0 Å². The van der Waals surface area contributed by atoms with E-state index >= 15 is 0 Å². The minimum Gasteiger partial charge on any atom is -0.508 e. The first-order valence-corrected chi connectivity index (χ1v) is 8.04. The molecule has 1 aromatic carbocycles. The highest BCUT2D eigenvalue weighted by atomic mass is 79.9. The average molecular weight is 484 g/mol. The van der Waals surface area contributed by atoms with E-state index in [-0.39, 0.29) is 39.7 Å². The fourth-order valence-electron chi connectivity index (χ4n) is 2.57. The number of nitrogens with zero attached hydrogens (tertiary/aromatic N) is 3. The van der Waals surface area contributed by atoms with Crippen LogP contribution in [0.25, 0.3) is 17.0 Å². The fourth-order valence-corrected chi connectivity index (χ4v) is 3.28. The Morgan fingerprint density at radius 3 is 2.72 bits per heavy atom. The number of hydrogen-bond donors (Lipinski definition) is 2. The van der Waals surface area contributed by atoms with Gasteiger partial charge in [0.05, 0.1) is 11.4 Å². The number of pyridine rings is 1. The lowest BCUT2D eigenvalue weighted by atomic mass is 10.3. The molecule has 0 saturated heterocycles. The summed E-state index contributed by atoms with van der Waals surface area (Å²) in [5, 5.41) is 15.5. The predicted octanol–water partition coefficient (Wildman–Crippen LogP) is 5.37. The second-order valence-electron chi connectivity index (χ2n) is 5.19. The van der Waals surface area contributed by atoms with Crippen LogP contribution in [0.15, 0.2) is 54.0 Å². The maximum Gasteiger partial charge on any atom is 0.187 e. The highest BCUT2D eigenvalue weighted by molar-refractivity contribution is 8.93. The predicted molar refractivity (Wildman–Crippen MR) is 113 cm³/mol. The molecule has 25 heavy (non-hydrogen) atoms. The minimum absolute atomic E-state index is 0. The average Bonchev–Trinajstić information content (AvgIpc) is 3.10. The summed E-state index contributed by atoms with van der Waals surface area (Å²) in [5.41, 5.74) is 4.55. The molecule has 0 saturated carbocycles. The van der Waals surface area contributed by atoms with Crippen molar-refractivity contribution >= 4 is 61.8 Å². The van der Waals surface area contributed by atoms with Crippen LogP contribution in [-0.2, 0) is 0 Å². The first-order valence-electron chi connectivity index (χ1n) is 7.16. The van der Waals surface area contributed by atoms with Gasteiger partial charge in [0.1, 0.15) is 17.1 Å². The zero-order valence-corrected chi connectivity index (χ0v) is 17.5. The van der Waals surface area contributed by atoms with Crippen molar-refractivity contribution in [3.05, 3.63) is 59.7 Å². The molecule has 4 rings (SSSR count). The molecule has 0 aliphatic heterocycles. The van der Waals surface area contributed by atoms with Gasteiger partial charge in [0.2, 0.25) is 0 Å². The van der Waals surface area contributed by atoms with Crippen molar-refractivity contribution in [1.29, 1.82) is 0 Å². The van der Waals surface area contributed by atoms with Crippen molar-refractivity contribution in [1.82, 2.24) is 14.4 Å². The van der Waals surface area contributed by atoms with Crippen LogP contribution < -0.4 is 5.32 Å². The molecule has 0 bridgehead atoms. The molecule has 0 atom stereocenters. The number of hydrogen-bond acceptors (Lipinski definition) is 5. The van der Waals surface area contributed by atoms with E-state index < -0.39 is 0 Å². The van der Waals surface area contributed by atoms with Crippen LogP contribution in [0.2, 0.25) is 0 Å². The third kappa shape index (κ3) is 3.86. The van der Waals surface area contributed by atoms with Gasteiger partial charge in [-0.05, 0) is 31.2 Å². The second-order valence-corrected chi connectivity index (χ2v) is 6.05. The first-order chi connectivity index (χ1) is 11.2. The van der Waals surface area contributed by atoms with Crippen LogP contribution in [0.1, 0.15) is 5.69 Å². The molecule has 130 valence electrons. The maximum atomic E-state index is 9.53. The van der Waals surface area contributed by atoms with Crippen LogP contribution in [0.4, 0.5) is 10.8 Å². The Kier molecular flexibility index (Phi) is 6.21. The Bertz CT molecular complexity index is 999. The molecule has 4 aromatic rings. The zero-order chi connectivity index (χ0) is 15.8. The molecule has 0 unspecified atom stereocenters. The number of fused-ring (bicyclic) bond motifs is 1. The van der Waals surface area contributed by atoms with E-state index in [1.165, 1.54) is 11.3 Å². The summed E-state index contributed by atoms with van der Waals surface area (Å²) in [5.74, 6) is 0.226. The lowest BCUT2D eigenvalue weighted by Gasteiger charge is -2.02. The van der Waals surface area contributed by atoms with E-state index in [2.05, 4.69) is 15.3 Å². The Morgan fingerprint density at radius 2 is 1.92 bits per heavy atom. The Morgan fingerprint density at radius 1 is 1.08 bits per heavy atom. The minimum atomic E-state index is 0. The standard InChI is InChI=1S/C17H14N4OS.2BrH/c1-11-16(21-8-3-2-7-15(21)18-11)14-10-23-17(20-14)19-12-5-4-6-13(22)9-12;;/h2-10,22H,1H3,(H,19,20);2*1H. The molecule has 0 aliphatic carbocycles. The number of thiazole rings is 1. The largest absolute Gasteiger partial charge is 0.508 e. The van der Waals surface area contributed by atoms with Crippen LogP contribution in [0.5, 0.6) is 5.75 Å². The number of benzene rings is 1. The number of phenols is 1. The molecule has 3 aromatic heterocycles. The number of nitrogens with one attached hydrogen (secondary N) is 1. The van der Waals surface area contributed by atoms with Gasteiger partial charge in [0.15, 0.2) is 5.13 Å². The van der Waals surface area contributed by atoms with Crippen molar-refractivity contribution in [2.45, 2.75) is 6.92 Å². The molecular formula is C17H16Br2N4OS. The van der Waals surface area contributed by atoms with Crippen molar-refractivity contribution in [2.75, 3.05) is 5.32 Å². The summed E-state index contributed by atoms with van der Waals surface area (Å²) in [6.45, 7) is 1.99. The third-order valence-electron chi connectivity index (χ3n) is 3.55. The lowest BCUT2D eigenvalue weighted by Crippen LogP contribution is -1.91. The molecule has 0 fully saturated rings. The van der Waals surface area contributed by atoms with Gasteiger partial charge in [-0.2, -0.15) is 0 Å². The lowest BCUT2D eigenvalue weighted by molar-refractivity contribution is 0.475. The van der Waals surface area contributed by atoms with Crippen LogP contribution in [0, 0.1) is 6.92 Å². The number of aryl methyl sites for hydroxylation is 1. The van der Waals surface area contributed by atoms with Gasteiger partial charge in [-0.25, -0.2) is 9.97 Å². The Balaban J connectivity index is 0.00000113. The highest BCUT2D eigenvalue weighted by Gasteiger charge is 2.14. The summed E-state index contributed by atoms with van der Waals surface area (Å²) in [6.07, 6.45) is 1.99. The number of halogens is 2. The number of imidazole rings is 1. The SMILES string of the molecule is Br.Br.Cc1nc2ccccn2c1-c1csc(Nc2cccc(O)c2)n1. The zero-order valence-electron chi connectivity index (χ0n) is 13.2. The molecule has 0 radical (unpaired) electrons. The summed E-state index contributed by atoms with van der Waals surface area (Å²) in [7, 11) is 0. The van der Waals surface area contributed by atoms with E-state index in [1.807, 2.05) is 47.2 Å². The topological polar surface area (TPSA) is 62.5 Å². The summed E-state index contributed by atoms with van der Waals surface area (Å²) < 4.78 is 2.04. The van der Waals surface area contributed by atoms with E-state index in [0.717, 1.165) is 33.5 Å². The van der Waals surface area contributed by atoms with Gasteiger partial charge >= 0.3 is 0 Å². The van der Waals surface area contributed by atoms with Crippen molar-refractivity contribution in [2.24, 2.45) is 0 Å². The smallest absolute Gasteiger partial charge is 0.187 e. The van der Waals surface area contributed by atoms with Crippen molar-refractivity contribution in [3.8, 4) is 17.1 Å². The van der Waals surface area contributed by atoms with E-state index in [0.29, 0.717) is 0 Å². The Labute approximate surface area is 169 Å². The number of aromatic nitrogens is 3. The first kappa shape index (κ1) is 19.4. The molecule has 8 heteroatoms. The van der Waals surface area contributed by atoms with Crippen molar-refractivity contribution < 1.29 is 5.11 Å². The Hall–Kier alpha value is -1.90. The van der Waals surface area contributed by atoms with Gasteiger partial charge < -0.3 is 10.4 Å². The normalized spacial score (nSPS) is 10.1. The van der Waals surface area contributed by atoms with Gasteiger partial charge in [-0.3, -0.25) is 4.40 Å². The van der Waals surface area contributed by atoms with Gasteiger partial charge in [-0.15, -0.1) is 45.3 Å². The van der Waals surface area contributed by atoms with E-state index in [4.69, 9.17) is 0 Å². The van der Waals surface area contributed by atoms with E-state index in [1.54, 1.807) is 18.2 Å². The van der Waals surface area contributed by atoms with Gasteiger partial charge in [0, 0.05) is 23.3 Å². The maximum absolute atomic E-state index is 9.53. The van der Waals surface area contributed by atoms with Crippen molar-refractivity contribution in [3.63, 3.8) is 0 Å². The number of aromatic hydroxyl groups is 1. The molecule has 3 heterocycles. The number of anilines is 2. The second kappa shape index (κ2) is 7.99. The number of rotatable bonds is 3. The quantitative estimate of drug-likeness (QED) is 0.411. The van der Waals surface area contributed by atoms with Crippen LogP contribution in [-0.4, -0.2) is 19.5 Å². The summed E-state index contributed by atoms with van der Waals surface area (Å²) >= 11 is 1.52. The van der Waals surface area contributed by atoms with Crippen LogP contribution in [0.3, 0.4) is 0 Å². The monoisotopic (exact) mass is 482 g/mol. The van der Waals surface area contributed by atoms with Gasteiger partial charge in [-0.1, -0.05) is 12.1 Å². The molecule has 0 amide bonds. The molecule has 0 spiro atoms.